The summed E-state index contributed by atoms with van der Waals surface area (Å²) < 4.78 is 0. The van der Waals surface area contributed by atoms with Crippen LogP contribution in [0, 0.1) is 13.8 Å². The number of anilines is 3. The van der Waals surface area contributed by atoms with Gasteiger partial charge in [-0.05, 0) is 32.4 Å². The minimum atomic E-state index is -0.0426. The van der Waals surface area contributed by atoms with Gasteiger partial charge in [-0.1, -0.05) is 31.0 Å². The number of nitrogens with zero attached hydrogens (tertiary/aromatic N) is 3. The van der Waals surface area contributed by atoms with Crippen molar-refractivity contribution in [3.63, 3.8) is 0 Å². The van der Waals surface area contributed by atoms with Crippen LogP contribution in [0.2, 0.25) is 0 Å². The minimum absolute atomic E-state index is 0.0426. The average Bonchev–Trinajstić information content (AvgIpc) is 2.48. The van der Waals surface area contributed by atoms with Crippen LogP contribution in [0.4, 0.5) is 17.6 Å². The van der Waals surface area contributed by atoms with Crippen molar-refractivity contribution in [3.8, 4) is 0 Å². The number of aromatic nitrogens is 3. The lowest BCUT2D eigenvalue weighted by molar-refractivity contribution is 0.268. The van der Waals surface area contributed by atoms with Crippen molar-refractivity contribution in [2.24, 2.45) is 0 Å². The van der Waals surface area contributed by atoms with Crippen LogP contribution in [0.1, 0.15) is 31.2 Å². The van der Waals surface area contributed by atoms with Gasteiger partial charge in [-0.15, -0.1) is 0 Å². The summed E-state index contributed by atoms with van der Waals surface area (Å²) in [5.74, 6) is 1.60. The first-order valence-corrected chi connectivity index (χ1v) is 7.54. The van der Waals surface area contributed by atoms with E-state index in [0.29, 0.717) is 17.7 Å². The summed E-state index contributed by atoms with van der Waals surface area (Å²) in [6.07, 6.45) is 1.85. The number of hydrogen-bond acceptors (Lipinski definition) is 6. The summed E-state index contributed by atoms with van der Waals surface area (Å²) in [6.45, 7) is 6.00. The van der Waals surface area contributed by atoms with Crippen LogP contribution >= 0.6 is 0 Å². The fraction of sp³-hybridized carbons (Fsp3) is 0.438. The number of aliphatic hydroxyl groups excluding tert-OH is 1. The fourth-order valence-electron chi connectivity index (χ4n) is 2.11. The van der Waals surface area contributed by atoms with Crippen molar-refractivity contribution in [2.45, 2.75) is 39.7 Å². The molecule has 1 aromatic carbocycles. The SMILES string of the molecule is CCCC(CO)Nc1nc(C)nc(Nc2ccc(C)cc2)n1. The molecule has 0 aliphatic rings. The highest BCUT2D eigenvalue weighted by atomic mass is 16.3. The summed E-state index contributed by atoms with van der Waals surface area (Å²) in [4.78, 5) is 12.9. The van der Waals surface area contributed by atoms with Gasteiger partial charge in [-0.25, -0.2) is 0 Å². The Morgan fingerprint density at radius 3 is 2.36 bits per heavy atom. The lowest BCUT2D eigenvalue weighted by Crippen LogP contribution is -2.25. The Kier molecular flexibility index (Phi) is 5.66. The van der Waals surface area contributed by atoms with Crippen LogP contribution in [0.15, 0.2) is 24.3 Å². The molecule has 0 saturated carbocycles. The molecule has 1 aromatic heterocycles. The average molecular weight is 301 g/mol. The van der Waals surface area contributed by atoms with Gasteiger partial charge in [0.05, 0.1) is 12.6 Å². The standard InChI is InChI=1S/C16H23N5O/c1-4-5-14(10-22)20-16-18-12(3)17-15(21-16)19-13-8-6-11(2)7-9-13/h6-9,14,22H,4-5,10H2,1-3H3,(H2,17,18,19,20,21). The van der Waals surface area contributed by atoms with Gasteiger partial charge in [0.1, 0.15) is 5.82 Å². The van der Waals surface area contributed by atoms with Crippen molar-refractivity contribution in [3.05, 3.63) is 35.7 Å². The Balaban J connectivity index is 2.13. The fourth-order valence-corrected chi connectivity index (χ4v) is 2.11. The molecule has 6 heteroatoms. The van der Waals surface area contributed by atoms with Gasteiger partial charge in [0.15, 0.2) is 0 Å². The van der Waals surface area contributed by atoms with Gasteiger partial charge < -0.3 is 15.7 Å². The molecule has 0 fully saturated rings. The second-order valence-electron chi connectivity index (χ2n) is 5.33. The molecule has 22 heavy (non-hydrogen) atoms. The lowest BCUT2D eigenvalue weighted by atomic mass is 10.2. The Labute approximate surface area is 131 Å². The maximum atomic E-state index is 9.37. The van der Waals surface area contributed by atoms with Crippen molar-refractivity contribution in [1.29, 1.82) is 0 Å². The number of rotatable bonds is 7. The monoisotopic (exact) mass is 301 g/mol. The molecule has 2 rings (SSSR count). The third-order valence-electron chi connectivity index (χ3n) is 3.25. The summed E-state index contributed by atoms with van der Waals surface area (Å²) >= 11 is 0. The third kappa shape index (κ3) is 4.66. The van der Waals surface area contributed by atoms with E-state index in [9.17, 15) is 5.11 Å². The number of aryl methyl sites for hydroxylation is 2. The summed E-state index contributed by atoms with van der Waals surface area (Å²) in [7, 11) is 0. The summed E-state index contributed by atoms with van der Waals surface area (Å²) in [6, 6.07) is 7.97. The molecule has 0 bridgehead atoms. The first kappa shape index (κ1) is 16.2. The first-order valence-electron chi connectivity index (χ1n) is 7.54. The molecule has 1 heterocycles. The maximum absolute atomic E-state index is 9.37. The molecule has 2 aromatic rings. The zero-order valence-corrected chi connectivity index (χ0v) is 13.3. The molecule has 0 saturated heterocycles. The Hall–Kier alpha value is -2.21. The third-order valence-corrected chi connectivity index (χ3v) is 3.25. The van der Waals surface area contributed by atoms with Crippen molar-refractivity contribution < 1.29 is 5.11 Å². The molecule has 0 amide bonds. The van der Waals surface area contributed by atoms with Gasteiger partial charge in [-0.2, -0.15) is 15.0 Å². The molecule has 3 N–H and O–H groups in total. The Bertz CT molecular complexity index is 600. The summed E-state index contributed by atoms with van der Waals surface area (Å²) in [5, 5.41) is 15.7. The van der Waals surface area contributed by atoms with Crippen molar-refractivity contribution in [2.75, 3.05) is 17.2 Å². The second kappa shape index (κ2) is 7.70. The lowest BCUT2D eigenvalue weighted by Gasteiger charge is -2.16. The predicted octanol–water partition coefficient (Wildman–Crippen LogP) is 2.80. The second-order valence-corrected chi connectivity index (χ2v) is 5.33. The molecular weight excluding hydrogens is 278 g/mol. The Morgan fingerprint density at radius 1 is 1.05 bits per heavy atom. The number of benzene rings is 1. The molecule has 0 aliphatic carbocycles. The van der Waals surface area contributed by atoms with E-state index >= 15 is 0 Å². The number of aliphatic hydroxyl groups is 1. The van der Waals surface area contributed by atoms with Gasteiger partial charge in [0, 0.05) is 5.69 Å². The smallest absolute Gasteiger partial charge is 0.232 e. The van der Waals surface area contributed by atoms with Crippen molar-refractivity contribution in [1.82, 2.24) is 15.0 Å². The summed E-state index contributed by atoms with van der Waals surface area (Å²) in [5.41, 5.74) is 2.12. The van der Waals surface area contributed by atoms with Gasteiger partial charge in [-0.3, -0.25) is 0 Å². The zero-order chi connectivity index (χ0) is 15.9. The van der Waals surface area contributed by atoms with Gasteiger partial charge >= 0.3 is 0 Å². The van der Waals surface area contributed by atoms with Crippen LogP contribution in [0.3, 0.4) is 0 Å². The molecule has 0 aliphatic heterocycles. The molecule has 0 spiro atoms. The van der Waals surface area contributed by atoms with E-state index < -0.39 is 0 Å². The molecule has 118 valence electrons. The Morgan fingerprint density at radius 2 is 1.73 bits per heavy atom. The van der Waals surface area contributed by atoms with E-state index in [1.165, 1.54) is 5.56 Å². The largest absolute Gasteiger partial charge is 0.394 e. The van der Waals surface area contributed by atoms with Crippen LogP contribution < -0.4 is 10.6 Å². The first-order chi connectivity index (χ1) is 10.6. The highest BCUT2D eigenvalue weighted by molar-refractivity contribution is 5.54. The van der Waals surface area contributed by atoms with E-state index in [0.717, 1.165) is 18.5 Å². The predicted molar refractivity (Wildman–Crippen MR) is 88.4 cm³/mol. The molecule has 0 radical (unpaired) electrons. The van der Waals surface area contributed by atoms with Gasteiger partial charge in [0.25, 0.3) is 0 Å². The van der Waals surface area contributed by atoms with Crippen LogP contribution in [0.5, 0.6) is 0 Å². The van der Waals surface area contributed by atoms with Crippen molar-refractivity contribution >= 4 is 17.6 Å². The van der Waals surface area contributed by atoms with Crippen LogP contribution in [-0.4, -0.2) is 32.7 Å². The van der Waals surface area contributed by atoms with Gasteiger partial charge in [0.2, 0.25) is 11.9 Å². The molecule has 1 atom stereocenters. The highest BCUT2D eigenvalue weighted by Gasteiger charge is 2.10. The van der Waals surface area contributed by atoms with E-state index in [1.54, 1.807) is 0 Å². The quantitative estimate of drug-likeness (QED) is 0.729. The van der Waals surface area contributed by atoms with Crippen LogP contribution in [-0.2, 0) is 0 Å². The van der Waals surface area contributed by atoms with E-state index in [2.05, 4.69) is 32.5 Å². The van der Waals surface area contributed by atoms with E-state index in [-0.39, 0.29) is 12.6 Å². The normalized spacial score (nSPS) is 12.0. The maximum Gasteiger partial charge on any atom is 0.232 e. The highest BCUT2D eigenvalue weighted by Crippen LogP contribution is 2.15. The number of nitrogens with one attached hydrogen (secondary N) is 2. The zero-order valence-electron chi connectivity index (χ0n) is 13.3. The molecule has 1 unspecified atom stereocenters. The minimum Gasteiger partial charge on any atom is -0.394 e. The topological polar surface area (TPSA) is 83.0 Å². The molecule has 6 nitrogen and oxygen atoms in total. The van der Waals surface area contributed by atoms with Crippen LogP contribution in [0.25, 0.3) is 0 Å². The number of hydrogen-bond donors (Lipinski definition) is 3. The molecular formula is C16H23N5O. The van der Waals surface area contributed by atoms with E-state index in [4.69, 9.17) is 0 Å². The van der Waals surface area contributed by atoms with E-state index in [1.807, 2.05) is 38.1 Å².